The zero-order chi connectivity index (χ0) is 12.0. The normalized spacial score (nSPS) is 19.4. The van der Waals surface area contributed by atoms with Gasteiger partial charge in [0.05, 0.1) is 5.41 Å². The molecule has 1 fully saturated rings. The first-order valence-corrected chi connectivity index (χ1v) is 6.19. The van der Waals surface area contributed by atoms with Crippen molar-refractivity contribution in [2.75, 3.05) is 33.4 Å². The molecule has 0 aromatic rings. The Kier molecular flexibility index (Phi) is 5.22. The Bertz CT molecular complexity index is 225. The maximum absolute atomic E-state index is 12.3. The number of rotatable bonds is 5. The van der Waals surface area contributed by atoms with Crippen LogP contribution in [0.5, 0.6) is 0 Å². The molecule has 4 heteroatoms. The molecule has 1 aliphatic rings. The molecule has 0 aromatic carbocycles. The molecule has 0 atom stereocenters. The van der Waals surface area contributed by atoms with Gasteiger partial charge in [0, 0.05) is 33.4 Å². The summed E-state index contributed by atoms with van der Waals surface area (Å²) in [7, 11) is 1.88. The fraction of sp³-hybridized carbons (Fsp3) is 0.917. The van der Waals surface area contributed by atoms with Crippen molar-refractivity contribution >= 4 is 5.91 Å². The average molecular weight is 228 g/mol. The molecule has 0 radical (unpaired) electrons. The lowest BCUT2D eigenvalue weighted by molar-refractivity contribution is -0.145. The second-order valence-electron chi connectivity index (χ2n) is 4.68. The number of amides is 1. The van der Waals surface area contributed by atoms with Crippen LogP contribution < -0.4 is 5.73 Å². The first-order valence-electron chi connectivity index (χ1n) is 6.19. The van der Waals surface area contributed by atoms with Crippen LogP contribution in [0.3, 0.4) is 0 Å². The van der Waals surface area contributed by atoms with Gasteiger partial charge in [-0.05, 0) is 19.3 Å². The molecule has 16 heavy (non-hydrogen) atoms. The van der Waals surface area contributed by atoms with E-state index < -0.39 is 0 Å². The summed E-state index contributed by atoms with van der Waals surface area (Å²) in [6, 6.07) is 0. The van der Waals surface area contributed by atoms with E-state index >= 15 is 0 Å². The van der Waals surface area contributed by atoms with Crippen LogP contribution in [0.4, 0.5) is 0 Å². The van der Waals surface area contributed by atoms with Gasteiger partial charge in [-0.3, -0.25) is 4.79 Å². The van der Waals surface area contributed by atoms with Gasteiger partial charge in [-0.2, -0.15) is 0 Å². The molecule has 0 spiro atoms. The molecule has 1 heterocycles. The predicted octanol–water partition coefficient (Wildman–Crippen LogP) is 1.00. The molecule has 1 rings (SSSR count). The molecule has 1 aliphatic heterocycles. The third-order valence-corrected chi connectivity index (χ3v) is 3.49. The number of hydrogen-bond acceptors (Lipinski definition) is 3. The van der Waals surface area contributed by atoms with Crippen LogP contribution in [0.25, 0.3) is 0 Å². The van der Waals surface area contributed by atoms with Crippen LogP contribution in [-0.2, 0) is 9.53 Å². The van der Waals surface area contributed by atoms with Crippen molar-refractivity contribution in [1.82, 2.24) is 4.90 Å². The maximum atomic E-state index is 12.3. The van der Waals surface area contributed by atoms with Crippen molar-refractivity contribution in [2.24, 2.45) is 11.1 Å². The molecule has 0 bridgehead atoms. The Morgan fingerprint density at radius 2 is 2.06 bits per heavy atom. The minimum Gasteiger partial charge on any atom is -0.381 e. The van der Waals surface area contributed by atoms with Gasteiger partial charge in [-0.1, -0.05) is 13.3 Å². The first kappa shape index (κ1) is 13.5. The van der Waals surface area contributed by atoms with Crippen LogP contribution in [0, 0.1) is 5.41 Å². The van der Waals surface area contributed by atoms with E-state index in [1.54, 1.807) is 0 Å². The van der Waals surface area contributed by atoms with Crippen molar-refractivity contribution in [3.8, 4) is 0 Å². The van der Waals surface area contributed by atoms with Gasteiger partial charge in [0.25, 0.3) is 0 Å². The topological polar surface area (TPSA) is 55.6 Å². The molecule has 0 aliphatic carbocycles. The summed E-state index contributed by atoms with van der Waals surface area (Å²) in [6.07, 6.45) is 3.69. The van der Waals surface area contributed by atoms with E-state index in [1.807, 2.05) is 11.9 Å². The second kappa shape index (κ2) is 6.21. The third-order valence-electron chi connectivity index (χ3n) is 3.49. The van der Waals surface area contributed by atoms with E-state index in [2.05, 4.69) is 6.92 Å². The standard InChI is InChI=1S/C12H24N2O2/c1-3-4-7-14(2)11(15)12(10-13)5-8-16-9-6-12/h3-10,13H2,1-2H3. The summed E-state index contributed by atoms with van der Waals surface area (Å²) in [5, 5.41) is 0. The largest absolute Gasteiger partial charge is 0.381 e. The number of nitrogens with two attached hydrogens (primary N) is 1. The van der Waals surface area contributed by atoms with Crippen LogP contribution in [-0.4, -0.2) is 44.2 Å². The SMILES string of the molecule is CCCCN(C)C(=O)C1(CN)CCOCC1. The number of unbranched alkanes of at least 4 members (excludes halogenated alkanes) is 1. The van der Waals surface area contributed by atoms with E-state index in [9.17, 15) is 4.79 Å². The second-order valence-corrected chi connectivity index (χ2v) is 4.68. The molecule has 0 aromatic heterocycles. The number of hydrogen-bond donors (Lipinski definition) is 1. The van der Waals surface area contributed by atoms with Gasteiger partial charge < -0.3 is 15.4 Å². The minimum atomic E-state index is -0.360. The Morgan fingerprint density at radius 1 is 1.44 bits per heavy atom. The monoisotopic (exact) mass is 228 g/mol. The zero-order valence-electron chi connectivity index (χ0n) is 10.5. The molecule has 0 unspecified atom stereocenters. The number of carbonyl (C=O) groups excluding carboxylic acids is 1. The molecule has 1 amide bonds. The number of ether oxygens (including phenoxy) is 1. The highest BCUT2D eigenvalue weighted by Crippen LogP contribution is 2.31. The molecule has 0 saturated carbocycles. The van der Waals surface area contributed by atoms with Gasteiger partial charge in [0.15, 0.2) is 0 Å². The zero-order valence-corrected chi connectivity index (χ0v) is 10.5. The fourth-order valence-corrected chi connectivity index (χ4v) is 2.17. The van der Waals surface area contributed by atoms with Crippen LogP contribution in [0.2, 0.25) is 0 Å². The van der Waals surface area contributed by atoms with Gasteiger partial charge in [0.1, 0.15) is 0 Å². The molecule has 94 valence electrons. The molecular formula is C12H24N2O2. The number of carbonyl (C=O) groups is 1. The van der Waals surface area contributed by atoms with Crippen LogP contribution in [0.1, 0.15) is 32.6 Å². The van der Waals surface area contributed by atoms with Gasteiger partial charge in [-0.15, -0.1) is 0 Å². The fourth-order valence-electron chi connectivity index (χ4n) is 2.17. The van der Waals surface area contributed by atoms with E-state index in [4.69, 9.17) is 10.5 Å². The van der Waals surface area contributed by atoms with Crippen molar-refractivity contribution in [2.45, 2.75) is 32.6 Å². The molecular weight excluding hydrogens is 204 g/mol. The quantitative estimate of drug-likeness (QED) is 0.764. The maximum Gasteiger partial charge on any atom is 0.229 e. The lowest BCUT2D eigenvalue weighted by atomic mass is 9.79. The van der Waals surface area contributed by atoms with E-state index in [-0.39, 0.29) is 11.3 Å². The summed E-state index contributed by atoms with van der Waals surface area (Å²) in [5.74, 6) is 0.201. The Balaban J connectivity index is 2.60. The molecule has 1 saturated heterocycles. The summed E-state index contributed by atoms with van der Waals surface area (Å²) < 4.78 is 5.31. The van der Waals surface area contributed by atoms with E-state index in [0.717, 1.165) is 32.2 Å². The Labute approximate surface area is 98.1 Å². The summed E-state index contributed by atoms with van der Waals surface area (Å²) >= 11 is 0. The highest BCUT2D eigenvalue weighted by atomic mass is 16.5. The van der Waals surface area contributed by atoms with Crippen LogP contribution in [0.15, 0.2) is 0 Å². The lowest BCUT2D eigenvalue weighted by Crippen LogP contribution is -2.49. The van der Waals surface area contributed by atoms with Gasteiger partial charge in [-0.25, -0.2) is 0 Å². The smallest absolute Gasteiger partial charge is 0.229 e. The van der Waals surface area contributed by atoms with Crippen molar-refractivity contribution in [3.63, 3.8) is 0 Å². The Morgan fingerprint density at radius 3 is 2.56 bits per heavy atom. The van der Waals surface area contributed by atoms with Crippen molar-refractivity contribution < 1.29 is 9.53 Å². The third kappa shape index (κ3) is 2.95. The summed E-state index contributed by atoms with van der Waals surface area (Å²) in [5.41, 5.74) is 5.44. The number of nitrogens with zero attached hydrogens (tertiary/aromatic N) is 1. The van der Waals surface area contributed by atoms with E-state index in [1.165, 1.54) is 0 Å². The molecule has 2 N–H and O–H groups in total. The first-order chi connectivity index (χ1) is 7.66. The lowest BCUT2D eigenvalue weighted by Gasteiger charge is -2.37. The minimum absolute atomic E-state index is 0.201. The summed E-state index contributed by atoms with van der Waals surface area (Å²) in [6.45, 7) is 4.71. The predicted molar refractivity (Wildman–Crippen MR) is 64.1 cm³/mol. The Hall–Kier alpha value is -0.610. The van der Waals surface area contributed by atoms with Crippen molar-refractivity contribution in [1.29, 1.82) is 0 Å². The van der Waals surface area contributed by atoms with Gasteiger partial charge >= 0.3 is 0 Å². The highest BCUT2D eigenvalue weighted by Gasteiger charge is 2.40. The average Bonchev–Trinajstić information content (AvgIpc) is 2.35. The van der Waals surface area contributed by atoms with E-state index in [0.29, 0.717) is 19.8 Å². The highest BCUT2D eigenvalue weighted by molar-refractivity contribution is 5.82. The van der Waals surface area contributed by atoms with Crippen molar-refractivity contribution in [3.05, 3.63) is 0 Å². The molecule has 4 nitrogen and oxygen atoms in total. The summed E-state index contributed by atoms with van der Waals surface area (Å²) in [4.78, 5) is 14.2. The van der Waals surface area contributed by atoms with Crippen LogP contribution >= 0.6 is 0 Å². The van der Waals surface area contributed by atoms with Gasteiger partial charge in [0.2, 0.25) is 5.91 Å².